The van der Waals surface area contributed by atoms with Gasteiger partial charge in [-0.2, -0.15) is 0 Å². The Morgan fingerprint density at radius 3 is 3.05 bits per heavy atom. The number of aromatic nitrogens is 2. The van der Waals surface area contributed by atoms with Crippen LogP contribution in [0.2, 0.25) is 0 Å². The highest BCUT2D eigenvalue weighted by Gasteiger charge is 2.27. The molecule has 0 saturated carbocycles. The van der Waals surface area contributed by atoms with Crippen molar-refractivity contribution in [3.63, 3.8) is 0 Å². The van der Waals surface area contributed by atoms with Crippen LogP contribution in [0.4, 0.5) is 5.82 Å². The van der Waals surface area contributed by atoms with Crippen molar-refractivity contribution < 1.29 is 4.74 Å². The predicted octanol–water partition coefficient (Wildman–Crippen LogP) is 1.76. The zero-order valence-electron chi connectivity index (χ0n) is 12.1. The van der Waals surface area contributed by atoms with Crippen LogP contribution in [0.3, 0.4) is 0 Å². The topological polar surface area (TPSA) is 50.3 Å². The summed E-state index contributed by atoms with van der Waals surface area (Å²) >= 11 is 0. The lowest BCUT2D eigenvalue weighted by Gasteiger charge is -2.27. The third-order valence-corrected chi connectivity index (χ3v) is 3.66. The van der Waals surface area contributed by atoms with Gasteiger partial charge in [0.25, 0.3) is 0 Å². The second-order valence-electron chi connectivity index (χ2n) is 5.03. The van der Waals surface area contributed by atoms with Gasteiger partial charge in [-0.1, -0.05) is 6.92 Å². The molecule has 1 aromatic heterocycles. The maximum Gasteiger partial charge on any atom is 0.221 e. The van der Waals surface area contributed by atoms with E-state index in [9.17, 15) is 0 Å². The third kappa shape index (κ3) is 3.15. The van der Waals surface area contributed by atoms with Crippen molar-refractivity contribution in [1.82, 2.24) is 15.3 Å². The molecule has 0 aliphatic carbocycles. The summed E-state index contributed by atoms with van der Waals surface area (Å²) in [5.41, 5.74) is 1.03. The van der Waals surface area contributed by atoms with Crippen LogP contribution >= 0.6 is 0 Å². The minimum atomic E-state index is 0.532. The Kier molecular flexibility index (Phi) is 4.96. The molecule has 1 fully saturated rings. The van der Waals surface area contributed by atoms with Crippen molar-refractivity contribution in [2.24, 2.45) is 0 Å². The van der Waals surface area contributed by atoms with Gasteiger partial charge in [-0.3, -0.25) is 0 Å². The quantitative estimate of drug-likeness (QED) is 0.793. The highest BCUT2D eigenvalue weighted by atomic mass is 16.5. The smallest absolute Gasteiger partial charge is 0.221 e. The molecule has 1 atom stereocenters. The summed E-state index contributed by atoms with van der Waals surface area (Å²) < 4.78 is 5.29. The van der Waals surface area contributed by atoms with Crippen LogP contribution in [-0.2, 0) is 0 Å². The molecule has 5 heteroatoms. The number of ether oxygens (including phenoxy) is 1. The van der Waals surface area contributed by atoms with Crippen molar-refractivity contribution >= 4 is 5.82 Å². The zero-order valence-corrected chi connectivity index (χ0v) is 12.1. The minimum absolute atomic E-state index is 0.532. The lowest BCUT2D eigenvalue weighted by atomic mass is 10.2. The van der Waals surface area contributed by atoms with Gasteiger partial charge in [0.1, 0.15) is 12.1 Å². The first kappa shape index (κ1) is 14.1. The van der Waals surface area contributed by atoms with Crippen molar-refractivity contribution in [3.8, 4) is 5.88 Å². The van der Waals surface area contributed by atoms with Crippen molar-refractivity contribution in [3.05, 3.63) is 11.9 Å². The maximum atomic E-state index is 5.29. The molecular weight excluding hydrogens is 240 g/mol. The molecule has 1 aliphatic rings. The molecule has 0 aromatic carbocycles. The highest BCUT2D eigenvalue weighted by molar-refractivity contribution is 5.51. The number of methoxy groups -OCH3 is 1. The normalized spacial score (nSPS) is 18.9. The van der Waals surface area contributed by atoms with E-state index >= 15 is 0 Å². The molecule has 5 nitrogen and oxygen atoms in total. The summed E-state index contributed by atoms with van der Waals surface area (Å²) in [6, 6.07) is 0.532. The fraction of sp³-hybridized carbons (Fsp3) is 0.714. The van der Waals surface area contributed by atoms with E-state index in [2.05, 4.69) is 27.1 Å². The molecule has 0 amide bonds. The second-order valence-corrected chi connectivity index (χ2v) is 5.03. The Morgan fingerprint density at radius 2 is 2.32 bits per heavy atom. The number of nitrogens with one attached hydrogen (secondary N) is 1. The molecule has 1 N–H and O–H groups in total. The van der Waals surface area contributed by atoms with Gasteiger partial charge in [0.2, 0.25) is 5.88 Å². The van der Waals surface area contributed by atoms with E-state index in [4.69, 9.17) is 4.74 Å². The third-order valence-electron chi connectivity index (χ3n) is 3.66. The summed E-state index contributed by atoms with van der Waals surface area (Å²) in [5.74, 6) is 1.70. The summed E-state index contributed by atoms with van der Waals surface area (Å²) in [7, 11) is 1.66. The van der Waals surface area contributed by atoms with Crippen LogP contribution in [0.1, 0.15) is 31.7 Å². The van der Waals surface area contributed by atoms with Gasteiger partial charge in [0.05, 0.1) is 12.7 Å². The average Bonchev–Trinajstić information content (AvgIpc) is 2.88. The number of hydrogen-bond acceptors (Lipinski definition) is 5. The van der Waals surface area contributed by atoms with Gasteiger partial charge in [0.15, 0.2) is 0 Å². The van der Waals surface area contributed by atoms with Gasteiger partial charge in [-0.25, -0.2) is 9.97 Å². The Morgan fingerprint density at radius 1 is 1.47 bits per heavy atom. The number of rotatable bonds is 6. The van der Waals surface area contributed by atoms with Crippen molar-refractivity contribution in [2.45, 2.75) is 39.2 Å². The lowest BCUT2D eigenvalue weighted by molar-refractivity contribution is 0.393. The van der Waals surface area contributed by atoms with Crippen LogP contribution in [0.25, 0.3) is 0 Å². The van der Waals surface area contributed by atoms with Crippen LogP contribution < -0.4 is 15.0 Å². The van der Waals surface area contributed by atoms with Crippen LogP contribution in [0.15, 0.2) is 6.33 Å². The van der Waals surface area contributed by atoms with E-state index in [1.807, 2.05) is 6.92 Å². The average molecular weight is 264 g/mol. The summed E-state index contributed by atoms with van der Waals surface area (Å²) in [6.45, 7) is 7.40. The van der Waals surface area contributed by atoms with Gasteiger partial charge >= 0.3 is 0 Å². The minimum Gasteiger partial charge on any atom is -0.481 e. The van der Waals surface area contributed by atoms with E-state index in [1.54, 1.807) is 13.4 Å². The van der Waals surface area contributed by atoms with Gasteiger partial charge in [-0.15, -0.1) is 0 Å². The van der Waals surface area contributed by atoms with Crippen molar-refractivity contribution in [2.75, 3.05) is 31.6 Å². The lowest BCUT2D eigenvalue weighted by Crippen LogP contribution is -2.39. The molecule has 19 heavy (non-hydrogen) atoms. The summed E-state index contributed by atoms with van der Waals surface area (Å²) in [6.07, 6.45) is 5.22. The Hall–Kier alpha value is -1.36. The molecular formula is C14H24N4O. The Balaban J connectivity index is 2.11. The second kappa shape index (κ2) is 6.70. The first-order valence-corrected chi connectivity index (χ1v) is 7.10. The summed E-state index contributed by atoms with van der Waals surface area (Å²) in [4.78, 5) is 11.0. The molecule has 0 radical (unpaired) electrons. The number of anilines is 1. The van der Waals surface area contributed by atoms with Crippen LogP contribution in [-0.4, -0.2) is 42.8 Å². The largest absolute Gasteiger partial charge is 0.481 e. The standard InChI is InChI=1S/C14H24N4O/c1-4-7-15-9-12-6-5-8-18(12)13-11(2)14(19-3)17-10-16-13/h10,12,15H,4-9H2,1-3H3. The van der Waals surface area contributed by atoms with Crippen LogP contribution in [0.5, 0.6) is 5.88 Å². The number of nitrogens with zero attached hydrogens (tertiary/aromatic N) is 3. The Bertz CT molecular complexity index is 410. The van der Waals surface area contributed by atoms with Crippen LogP contribution in [0, 0.1) is 6.92 Å². The molecule has 1 aromatic rings. The molecule has 0 bridgehead atoms. The molecule has 2 rings (SSSR count). The highest BCUT2D eigenvalue weighted by Crippen LogP contribution is 2.29. The van der Waals surface area contributed by atoms with Crippen molar-refractivity contribution in [1.29, 1.82) is 0 Å². The monoisotopic (exact) mass is 264 g/mol. The zero-order chi connectivity index (χ0) is 13.7. The molecule has 1 saturated heterocycles. The van der Waals surface area contributed by atoms with E-state index in [0.717, 1.165) is 31.0 Å². The molecule has 1 unspecified atom stereocenters. The first-order valence-electron chi connectivity index (χ1n) is 7.10. The Labute approximate surface area is 115 Å². The molecule has 1 aliphatic heterocycles. The van der Waals surface area contributed by atoms with Gasteiger partial charge < -0.3 is 15.0 Å². The molecule has 0 spiro atoms. The fourth-order valence-corrected chi connectivity index (χ4v) is 2.69. The van der Waals surface area contributed by atoms with E-state index in [1.165, 1.54) is 19.3 Å². The van der Waals surface area contributed by atoms with E-state index in [-0.39, 0.29) is 0 Å². The molecule has 106 valence electrons. The van der Waals surface area contributed by atoms with E-state index < -0.39 is 0 Å². The van der Waals surface area contributed by atoms with E-state index in [0.29, 0.717) is 11.9 Å². The van der Waals surface area contributed by atoms with Gasteiger partial charge in [0, 0.05) is 19.1 Å². The first-order chi connectivity index (χ1) is 9.27. The SMILES string of the molecule is CCCNCC1CCCN1c1ncnc(OC)c1C. The van der Waals surface area contributed by atoms with Gasteiger partial charge in [-0.05, 0) is 32.7 Å². The molecule has 2 heterocycles. The predicted molar refractivity (Wildman–Crippen MR) is 76.8 cm³/mol. The summed E-state index contributed by atoms with van der Waals surface area (Å²) in [5, 5.41) is 3.51. The number of hydrogen-bond donors (Lipinski definition) is 1. The maximum absolute atomic E-state index is 5.29. The fourth-order valence-electron chi connectivity index (χ4n) is 2.69.